The van der Waals surface area contributed by atoms with Crippen LogP contribution in [0.4, 0.5) is 0 Å². The molecule has 6 heterocycles. The Morgan fingerprint density at radius 1 is 0.291 bits per heavy atom. The molecule has 0 bridgehead atoms. The SMILES string of the molecule is O=P(O)(O)O[C@H]1O[C@H](CO)[C@@H](O[C@@H]2O[C@H](COP(=O)(O)O[C@H]3O[C@H](CO)[C@@H](O[C@@H]4O[C@H](COP(=O)(O)O[C@H]5O[C@H](CO)[C@@H](O[C@@H]6O[C@H](CO)[C@H](O)[C@H](O)[C@H]6O)[C@H](O)[C@@H]5O)[C@H](O)[C@H](O)[C@H]4O)[C@H](O)[C@@H]3O)[C@H](O)[C@H](O)[C@H]2O)[C@H](O)[C@@H]1O. The van der Waals surface area contributed by atoms with Crippen molar-refractivity contribution < 1.29 is 196 Å². The molecule has 6 rings (SSSR count). The van der Waals surface area contributed by atoms with E-state index in [1.807, 2.05) is 0 Å². The third kappa shape index (κ3) is 15.8. The quantitative estimate of drug-likeness (QED) is 0.0448. The molecule has 23 N–H and O–H groups in total. The molecule has 0 aromatic heterocycles. The van der Waals surface area contributed by atoms with Crippen LogP contribution in [-0.2, 0) is 78.9 Å². The van der Waals surface area contributed by atoms with Crippen LogP contribution in [0.1, 0.15) is 0 Å². The Morgan fingerprint density at radius 3 is 0.810 bits per heavy atom. The molecule has 6 aliphatic rings. The Labute approximate surface area is 442 Å². The smallest absolute Gasteiger partial charge is 0.394 e. The van der Waals surface area contributed by atoms with E-state index in [1.54, 1.807) is 0 Å². The molecule has 0 aliphatic carbocycles. The highest BCUT2D eigenvalue weighted by Gasteiger charge is 2.56. The van der Waals surface area contributed by atoms with E-state index in [1.165, 1.54) is 0 Å². The Hall–Kier alpha value is -0.790. The zero-order valence-electron chi connectivity index (χ0n) is 40.1. The summed E-state index contributed by atoms with van der Waals surface area (Å²) in [6.07, 6.45) is -63.4. The summed E-state index contributed by atoms with van der Waals surface area (Å²) in [5, 5.41) is 198. The zero-order chi connectivity index (χ0) is 59.0. The van der Waals surface area contributed by atoms with E-state index in [0.717, 1.165) is 0 Å². The predicted molar refractivity (Wildman–Crippen MR) is 232 cm³/mol. The molecule has 32 atom stereocenters. The molecule has 79 heavy (non-hydrogen) atoms. The Morgan fingerprint density at radius 2 is 0.532 bits per heavy atom. The van der Waals surface area contributed by atoms with Crippen molar-refractivity contribution in [2.45, 2.75) is 184 Å². The third-order valence-corrected chi connectivity index (χ3v) is 15.4. The summed E-state index contributed by atoms with van der Waals surface area (Å²) < 4.78 is 109. The molecule has 2 unspecified atom stereocenters. The Bertz CT molecular complexity index is 2060. The standard InChI is InChI=1S/C36H65O40P3/c37-1-7-13(41)16(44)22(50)31(65-7)71-29-9(3-39)67-35(26(54)20(29)48)75-78(59,60)64-6-12-15(43)18(46)24(52)33(70-12)73-30-10(4-40)68-36(27(55)21(30)49)76-79(61,62)63-5-11-14(42)17(45)23(51)32(69-11)72-28-8(2-38)66-34(25(53)19(28)47)74-77(56,57)58/h7-55H,1-6H2,(H,59,60)(H,61,62)(H2,56,57,58)/t7-,8-,9-,10-,11-,12-,13+,14+,15+,16+,17+,18+,19-,20-,21-,22-,23-,24-,25+,26+,27+,28-,29-,30-,31+,32+,33+,34-,35-,36-/m1/s1. The van der Waals surface area contributed by atoms with Gasteiger partial charge in [0.25, 0.3) is 0 Å². The van der Waals surface area contributed by atoms with Gasteiger partial charge in [0.2, 0.25) is 0 Å². The van der Waals surface area contributed by atoms with Gasteiger partial charge in [-0.25, -0.2) is 13.7 Å². The van der Waals surface area contributed by atoms with Crippen LogP contribution in [0.5, 0.6) is 0 Å². The average molecular weight is 1230 g/mol. The second kappa shape index (κ2) is 27.7. The number of phosphoric acid groups is 3. The molecule has 0 amide bonds. The summed E-state index contributed by atoms with van der Waals surface area (Å²) in [5.74, 6) is 0. The van der Waals surface area contributed by atoms with Crippen molar-refractivity contribution in [1.82, 2.24) is 0 Å². The van der Waals surface area contributed by atoms with Crippen molar-refractivity contribution in [2.24, 2.45) is 0 Å². The molecule has 6 aliphatic heterocycles. The molecule has 0 saturated carbocycles. The van der Waals surface area contributed by atoms with E-state index in [-0.39, 0.29) is 0 Å². The van der Waals surface area contributed by atoms with Gasteiger partial charge in [0, 0.05) is 0 Å². The number of hydrogen-bond acceptors (Lipinski definition) is 36. The lowest BCUT2D eigenvalue weighted by atomic mass is 9.97. The summed E-state index contributed by atoms with van der Waals surface area (Å²) in [5.41, 5.74) is 0. The number of ether oxygens (including phenoxy) is 9. The molecule has 43 heteroatoms. The summed E-state index contributed by atoms with van der Waals surface area (Å²) >= 11 is 0. The number of rotatable bonds is 22. The van der Waals surface area contributed by atoms with E-state index in [4.69, 9.17) is 70.5 Å². The lowest BCUT2D eigenvalue weighted by Crippen LogP contribution is -2.65. The topological polar surface area (TPSA) is 646 Å². The lowest BCUT2D eigenvalue weighted by molar-refractivity contribution is -0.355. The molecule has 0 aromatic rings. The molecular formula is C36H65O40P3. The van der Waals surface area contributed by atoms with Crippen LogP contribution < -0.4 is 0 Å². The van der Waals surface area contributed by atoms with Gasteiger partial charge in [-0.05, 0) is 0 Å². The normalized spacial score (nSPS) is 48.9. The van der Waals surface area contributed by atoms with Crippen molar-refractivity contribution in [2.75, 3.05) is 39.6 Å². The van der Waals surface area contributed by atoms with Gasteiger partial charge in [-0.1, -0.05) is 0 Å². The van der Waals surface area contributed by atoms with Gasteiger partial charge in [-0.15, -0.1) is 0 Å². The van der Waals surface area contributed by atoms with Gasteiger partial charge in [-0.3, -0.25) is 22.6 Å². The average Bonchev–Trinajstić information content (AvgIpc) is 3.39. The highest BCUT2D eigenvalue weighted by atomic mass is 31.2. The number of aliphatic hydroxyl groups is 19. The van der Waals surface area contributed by atoms with Crippen LogP contribution in [0.15, 0.2) is 0 Å². The van der Waals surface area contributed by atoms with Gasteiger partial charge < -0.3 is 159 Å². The van der Waals surface area contributed by atoms with E-state index >= 15 is 0 Å². The summed E-state index contributed by atoms with van der Waals surface area (Å²) in [6.45, 7) is -6.84. The van der Waals surface area contributed by atoms with Crippen molar-refractivity contribution in [3.05, 3.63) is 0 Å². The monoisotopic (exact) mass is 1230 g/mol. The second-order valence-corrected chi connectivity index (χ2v) is 22.5. The molecule has 0 radical (unpaired) electrons. The molecule has 464 valence electrons. The largest absolute Gasteiger partial charge is 0.474 e. The van der Waals surface area contributed by atoms with Gasteiger partial charge in [-0.2, -0.15) is 0 Å². The highest BCUT2D eigenvalue weighted by molar-refractivity contribution is 7.47. The zero-order valence-corrected chi connectivity index (χ0v) is 42.8. The van der Waals surface area contributed by atoms with Crippen LogP contribution >= 0.6 is 23.5 Å². The summed E-state index contributed by atoms with van der Waals surface area (Å²) in [6, 6.07) is 0. The second-order valence-electron chi connectivity index (χ2n) is 18.5. The Kier molecular flexibility index (Phi) is 23.6. The minimum Gasteiger partial charge on any atom is -0.394 e. The molecule has 0 aromatic carbocycles. The first kappa shape index (κ1) is 67.3. The number of phosphoric ester groups is 3. The van der Waals surface area contributed by atoms with Gasteiger partial charge in [0.15, 0.2) is 37.7 Å². The molecule has 6 fully saturated rings. The van der Waals surface area contributed by atoms with E-state index in [9.17, 15) is 121 Å². The van der Waals surface area contributed by atoms with E-state index in [2.05, 4.69) is 4.52 Å². The molecular weight excluding hydrogens is 1170 g/mol. The van der Waals surface area contributed by atoms with Crippen molar-refractivity contribution in [3.8, 4) is 0 Å². The first-order valence-corrected chi connectivity index (χ1v) is 27.9. The van der Waals surface area contributed by atoms with Crippen LogP contribution in [0, 0.1) is 0 Å². The maximum atomic E-state index is 13.1. The summed E-state index contributed by atoms with van der Waals surface area (Å²) in [4.78, 5) is 39.3. The van der Waals surface area contributed by atoms with Crippen molar-refractivity contribution in [1.29, 1.82) is 0 Å². The third-order valence-electron chi connectivity index (χ3n) is 13.0. The highest BCUT2D eigenvalue weighted by Crippen LogP contribution is 2.49. The fourth-order valence-electron chi connectivity index (χ4n) is 8.69. The van der Waals surface area contributed by atoms with Crippen LogP contribution in [0.3, 0.4) is 0 Å². The predicted octanol–water partition coefficient (Wildman–Crippen LogP) is -13.7. The fraction of sp³-hybridized carbons (Fsp3) is 1.00. The van der Waals surface area contributed by atoms with E-state index in [0.29, 0.717) is 0 Å². The van der Waals surface area contributed by atoms with Crippen LogP contribution in [-0.4, -0.2) is 340 Å². The minimum absolute atomic E-state index is 0.884. The fourth-order valence-corrected chi connectivity index (χ4v) is 10.8. The lowest BCUT2D eigenvalue weighted by Gasteiger charge is -2.46. The minimum atomic E-state index is -5.63. The number of hydrogen-bond donors (Lipinski definition) is 23. The van der Waals surface area contributed by atoms with E-state index < -0.39 is 247 Å². The molecule has 40 nitrogen and oxygen atoms in total. The maximum Gasteiger partial charge on any atom is 0.474 e. The van der Waals surface area contributed by atoms with Crippen molar-refractivity contribution in [3.63, 3.8) is 0 Å². The van der Waals surface area contributed by atoms with Crippen LogP contribution in [0.2, 0.25) is 0 Å². The van der Waals surface area contributed by atoms with Crippen molar-refractivity contribution >= 4 is 23.5 Å². The maximum absolute atomic E-state index is 13.1. The Balaban J connectivity index is 1.02. The van der Waals surface area contributed by atoms with Gasteiger partial charge >= 0.3 is 23.5 Å². The molecule has 0 spiro atoms. The first-order valence-electron chi connectivity index (χ1n) is 23.4. The first-order chi connectivity index (χ1) is 36.8. The van der Waals surface area contributed by atoms with Crippen LogP contribution in [0.25, 0.3) is 0 Å². The van der Waals surface area contributed by atoms with Gasteiger partial charge in [0.05, 0.1) is 39.6 Å². The summed E-state index contributed by atoms with van der Waals surface area (Å²) in [7, 11) is -16.6. The van der Waals surface area contributed by atoms with Gasteiger partial charge in [0.1, 0.15) is 146 Å². The molecule has 6 saturated heterocycles. The number of aliphatic hydroxyl groups excluding tert-OH is 19.